The molecule has 2 N–H and O–H groups in total. The van der Waals surface area contributed by atoms with Gasteiger partial charge in [0.1, 0.15) is 0 Å². The minimum absolute atomic E-state index is 0.0640. The maximum Gasteiger partial charge on any atom is 0.471 e. The van der Waals surface area contributed by atoms with Crippen LogP contribution in [0.25, 0.3) is 0 Å². The molecule has 0 atom stereocenters. The molecule has 0 radical (unpaired) electrons. The lowest BCUT2D eigenvalue weighted by Crippen LogP contribution is -2.36. The van der Waals surface area contributed by atoms with Crippen LogP contribution in [0.3, 0.4) is 0 Å². The highest BCUT2D eigenvalue weighted by Gasteiger charge is 2.38. The molecule has 1 aromatic heterocycles. The molecule has 2 rings (SSSR count). The lowest BCUT2D eigenvalue weighted by molar-refractivity contribution is -0.173. The fourth-order valence-electron chi connectivity index (χ4n) is 1.66. The molecule has 0 unspecified atom stereocenters. The number of nitrogens with one attached hydrogen (secondary N) is 2. The lowest BCUT2D eigenvalue weighted by Gasteiger charge is -2.12. The van der Waals surface area contributed by atoms with Gasteiger partial charge in [-0.1, -0.05) is 18.2 Å². The molecule has 2 aromatic rings. The van der Waals surface area contributed by atoms with Crippen LogP contribution in [-0.2, 0) is 11.3 Å². The van der Waals surface area contributed by atoms with E-state index in [2.05, 4.69) is 5.32 Å². The molecular weight excluding hydrogens is 301 g/mol. The number of rotatable bonds is 4. The van der Waals surface area contributed by atoms with Crippen molar-refractivity contribution in [1.82, 2.24) is 5.32 Å². The third-order valence-corrected chi connectivity index (χ3v) is 2.71. The maximum absolute atomic E-state index is 12.2. The van der Waals surface area contributed by atoms with Gasteiger partial charge in [0.2, 0.25) is 0 Å². The zero-order valence-electron chi connectivity index (χ0n) is 11.1. The van der Waals surface area contributed by atoms with E-state index in [-0.39, 0.29) is 18.0 Å². The second-order valence-electron chi connectivity index (χ2n) is 4.27. The van der Waals surface area contributed by atoms with E-state index in [9.17, 15) is 22.8 Å². The summed E-state index contributed by atoms with van der Waals surface area (Å²) in [5, 5.41) is 4.26. The predicted molar refractivity (Wildman–Crippen MR) is 71.0 cm³/mol. The summed E-state index contributed by atoms with van der Waals surface area (Å²) in [4.78, 5) is 22.7. The Morgan fingerprint density at radius 2 is 1.82 bits per heavy atom. The Kier molecular flexibility index (Phi) is 4.50. The molecule has 22 heavy (non-hydrogen) atoms. The van der Waals surface area contributed by atoms with Crippen molar-refractivity contribution in [2.75, 3.05) is 5.32 Å². The molecule has 0 fully saturated rings. The van der Waals surface area contributed by atoms with E-state index >= 15 is 0 Å². The number of carbonyl (C=O) groups is 2. The molecule has 0 spiro atoms. The number of para-hydroxylation sites is 1. The summed E-state index contributed by atoms with van der Waals surface area (Å²) in [6.45, 7) is -0.368. The van der Waals surface area contributed by atoms with Gasteiger partial charge in [-0.2, -0.15) is 13.2 Å². The normalized spacial score (nSPS) is 11.0. The highest BCUT2D eigenvalue weighted by atomic mass is 19.4. The molecule has 1 aromatic carbocycles. The van der Waals surface area contributed by atoms with Crippen LogP contribution in [0.1, 0.15) is 16.1 Å². The fraction of sp³-hybridized carbons (Fsp3) is 0.143. The molecule has 0 bridgehead atoms. The van der Waals surface area contributed by atoms with Crippen LogP contribution in [0, 0.1) is 0 Å². The van der Waals surface area contributed by atoms with Crippen LogP contribution in [0.15, 0.2) is 47.1 Å². The van der Waals surface area contributed by atoms with E-state index in [4.69, 9.17) is 4.42 Å². The van der Waals surface area contributed by atoms with Crippen molar-refractivity contribution < 1.29 is 27.2 Å². The van der Waals surface area contributed by atoms with Gasteiger partial charge in [-0.05, 0) is 23.8 Å². The summed E-state index contributed by atoms with van der Waals surface area (Å²) in [6.07, 6.45) is -3.63. The van der Waals surface area contributed by atoms with Crippen LogP contribution in [0.4, 0.5) is 18.9 Å². The Balaban J connectivity index is 2.07. The van der Waals surface area contributed by atoms with Gasteiger partial charge in [0.25, 0.3) is 5.91 Å². The second kappa shape index (κ2) is 6.33. The zero-order chi connectivity index (χ0) is 16.2. The van der Waals surface area contributed by atoms with E-state index < -0.39 is 18.0 Å². The molecule has 0 aliphatic carbocycles. The van der Waals surface area contributed by atoms with Gasteiger partial charge < -0.3 is 15.1 Å². The van der Waals surface area contributed by atoms with E-state index in [1.165, 1.54) is 30.5 Å². The van der Waals surface area contributed by atoms with Crippen molar-refractivity contribution >= 4 is 17.5 Å². The number of amides is 2. The number of hydrogen-bond acceptors (Lipinski definition) is 3. The average Bonchev–Trinajstić information content (AvgIpc) is 2.99. The quantitative estimate of drug-likeness (QED) is 0.912. The van der Waals surface area contributed by atoms with Crippen LogP contribution in [0.2, 0.25) is 0 Å². The lowest BCUT2D eigenvalue weighted by atomic mass is 10.1. The van der Waals surface area contributed by atoms with Crippen molar-refractivity contribution in [3.8, 4) is 0 Å². The Morgan fingerprint density at radius 3 is 2.45 bits per heavy atom. The third-order valence-electron chi connectivity index (χ3n) is 2.71. The third kappa shape index (κ3) is 3.87. The van der Waals surface area contributed by atoms with Gasteiger partial charge in [0.05, 0.1) is 6.26 Å². The van der Waals surface area contributed by atoms with Crippen LogP contribution >= 0.6 is 0 Å². The number of furan rings is 1. The molecule has 0 aliphatic heterocycles. The second-order valence-corrected chi connectivity index (χ2v) is 4.27. The summed E-state index contributed by atoms with van der Waals surface area (Å²) in [6, 6.07) is 9.17. The molecular formula is C14H11F3N2O3. The molecule has 0 saturated heterocycles. The van der Waals surface area contributed by atoms with Gasteiger partial charge in [0, 0.05) is 12.2 Å². The predicted octanol–water partition coefficient (Wildman–Crippen LogP) is 2.71. The number of benzene rings is 1. The summed E-state index contributed by atoms with van der Waals surface area (Å²) in [5.74, 6) is -2.52. The smallest absolute Gasteiger partial charge is 0.459 e. The highest BCUT2D eigenvalue weighted by Crippen LogP contribution is 2.18. The average molecular weight is 312 g/mol. The minimum atomic E-state index is -4.95. The van der Waals surface area contributed by atoms with E-state index in [1.54, 1.807) is 17.4 Å². The number of alkyl halides is 3. The number of carbonyl (C=O) groups excluding carboxylic acids is 2. The monoisotopic (exact) mass is 312 g/mol. The summed E-state index contributed by atoms with van der Waals surface area (Å²) in [7, 11) is 0. The minimum Gasteiger partial charge on any atom is -0.459 e. The van der Waals surface area contributed by atoms with Crippen molar-refractivity contribution in [2.24, 2.45) is 0 Å². The van der Waals surface area contributed by atoms with Crippen LogP contribution in [0.5, 0.6) is 0 Å². The fourth-order valence-corrected chi connectivity index (χ4v) is 1.66. The Morgan fingerprint density at radius 1 is 1.09 bits per heavy atom. The van der Waals surface area contributed by atoms with Gasteiger partial charge >= 0.3 is 12.1 Å². The topological polar surface area (TPSA) is 71.3 Å². The Bertz CT molecular complexity index is 666. The van der Waals surface area contributed by atoms with Gasteiger partial charge in [-0.15, -0.1) is 0 Å². The van der Waals surface area contributed by atoms with Crippen molar-refractivity contribution in [3.63, 3.8) is 0 Å². The standard InChI is InChI=1S/C14H11F3N2O3/c15-14(16,17)13(21)18-8-9-4-1-2-5-10(9)19-12(20)11-6-3-7-22-11/h1-7H,8H2,(H,18,21)(H,19,20). The van der Waals surface area contributed by atoms with Crippen LogP contribution in [-0.4, -0.2) is 18.0 Å². The first-order chi connectivity index (χ1) is 10.4. The van der Waals surface area contributed by atoms with Crippen molar-refractivity contribution in [3.05, 3.63) is 54.0 Å². The van der Waals surface area contributed by atoms with Gasteiger partial charge in [-0.25, -0.2) is 0 Å². The number of anilines is 1. The summed E-state index contributed by atoms with van der Waals surface area (Å²) >= 11 is 0. The number of hydrogen-bond donors (Lipinski definition) is 2. The molecule has 8 heteroatoms. The maximum atomic E-state index is 12.2. The first kappa shape index (κ1) is 15.6. The van der Waals surface area contributed by atoms with Crippen LogP contribution < -0.4 is 10.6 Å². The summed E-state index contributed by atoms with van der Waals surface area (Å²) < 4.78 is 41.4. The summed E-state index contributed by atoms with van der Waals surface area (Å²) in [5.41, 5.74) is 0.617. The molecule has 2 amide bonds. The largest absolute Gasteiger partial charge is 0.471 e. The van der Waals surface area contributed by atoms with Crippen molar-refractivity contribution in [2.45, 2.75) is 12.7 Å². The SMILES string of the molecule is O=C(Nc1ccccc1CNC(=O)C(F)(F)F)c1ccco1. The molecule has 0 aliphatic rings. The molecule has 116 valence electrons. The van der Waals surface area contributed by atoms with Gasteiger partial charge in [0.15, 0.2) is 5.76 Å². The first-order valence-corrected chi connectivity index (χ1v) is 6.15. The van der Waals surface area contributed by atoms with E-state index in [0.29, 0.717) is 5.56 Å². The number of halogens is 3. The van der Waals surface area contributed by atoms with Gasteiger partial charge in [-0.3, -0.25) is 9.59 Å². The molecule has 5 nitrogen and oxygen atoms in total. The van der Waals surface area contributed by atoms with Crippen molar-refractivity contribution in [1.29, 1.82) is 0 Å². The highest BCUT2D eigenvalue weighted by molar-refractivity contribution is 6.02. The van der Waals surface area contributed by atoms with E-state index in [1.807, 2.05) is 0 Å². The molecule has 0 saturated carbocycles. The van der Waals surface area contributed by atoms with E-state index in [0.717, 1.165) is 0 Å². The molecule has 1 heterocycles. The first-order valence-electron chi connectivity index (χ1n) is 6.15. The Hall–Kier alpha value is -2.77. The Labute approximate surface area is 123 Å². The zero-order valence-corrected chi connectivity index (χ0v) is 11.1.